The van der Waals surface area contributed by atoms with Crippen LogP contribution in [0.15, 0.2) is 24.3 Å². The number of nitrogens with zero attached hydrogens (tertiary/aromatic N) is 1. The highest BCUT2D eigenvalue weighted by Crippen LogP contribution is 2.17. The predicted molar refractivity (Wildman–Crippen MR) is 59.1 cm³/mol. The van der Waals surface area contributed by atoms with E-state index >= 15 is 0 Å². The number of carbonyl (C=O) groups excluding carboxylic acids is 2. The highest BCUT2D eigenvalue weighted by atomic mass is 16.2. The first-order chi connectivity index (χ1) is 7.72. The highest BCUT2D eigenvalue weighted by molar-refractivity contribution is 6.01. The van der Waals surface area contributed by atoms with E-state index in [0.29, 0.717) is 25.9 Å². The first-order valence-electron chi connectivity index (χ1n) is 5.32. The number of rotatable bonds is 3. The van der Waals surface area contributed by atoms with Gasteiger partial charge in [-0.2, -0.15) is 0 Å². The molecule has 4 heteroatoms. The third-order valence-electron chi connectivity index (χ3n) is 2.82. The van der Waals surface area contributed by atoms with Gasteiger partial charge >= 0.3 is 0 Å². The number of nitrogens with two attached hydrogens (primary N) is 1. The second-order valence-corrected chi connectivity index (χ2v) is 3.85. The van der Waals surface area contributed by atoms with Crippen molar-refractivity contribution >= 4 is 11.8 Å². The van der Waals surface area contributed by atoms with Crippen molar-refractivity contribution in [3.63, 3.8) is 0 Å². The molecule has 0 spiro atoms. The standard InChI is InChI=1S/C12H14N2O2/c13-7-9-3-1-2-4-10(9)8-14-11(15)5-6-12(14)16/h1-4H,5-8,13H2. The van der Waals surface area contributed by atoms with Gasteiger partial charge in [-0.15, -0.1) is 0 Å². The molecule has 1 aromatic rings. The summed E-state index contributed by atoms with van der Waals surface area (Å²) in [7, 11) is 0. The summed E-state index contributed by atoms with van der Waals surface area (Å²) in [5.74, 6) is -0.173. The Morgan fingerprint density at radius 2 is 1.62 bits per heavy atom. The maximum Gasteiger partial charge on any atom is 0.229 e. The molecule has 4 nitrogen and oxygen atoms in total. The van der Waals surface area contributed by atoms with Crippen LogP contribution in [0.2, 0.25) is 0 Å². The Kier molecular flexibility index (Phi) is 3.01. The third-order valence-corrected chi connectivity index (χ3v) is 2.82. The van der Waals surface area contributed by atoms with Gasteiger partial charge in [-0.05, 0) is 11.1 Å². The van der Waals surface area contributed by atoms with Crippen LogP contribution in [-0.4, -0.2) is 16.7 Å². The van der Waals surface area contributed by atoms with Gasteiger partial charge in [0.1, 0.15) is 0 Å². The van der Waals surface area contributed by atoms with Gasteiger partial charge in [0, 0.05) is 19.4 Å². The van der Waals surface area contributed by atoms with E-state index in [9.17, 15) is 9.59 Å². The van der Waals surface area contributed by atoms with E-state index in [1.807, 2.05) is 24.3 Å². The molecule has 1 aliphatic heterocycles. The lowest BCUT2D eigenvalue weighted by atomic mass is 10.1. The van der Waals surface area contributed by atoms with Gasteiger partial charge in [0.2, 0.25) is 11.8 Å². The van der Waals surface area contributed by atoms with Crippen molar-refractivity contribution in [1.82, 2.24) is 4.90 Å². The maximum absolute atomic E-state index is 11.5. The number of carbonyl (C=O) groups is 2. The zero-order valence-electron chi connectivity index (χ0n) is 8.98. The Morgan fingerprint density at radius 1 is 1.06 bits per heavy atom. The minimum Gasteiger partial charge on any atom is -0.326 e. The summed E-state index contributed by atoms with van der Waals surface area (Å²) >= 11 is 0. The van der Waals surface area contributed by atoms with Crippen molar-refractivity contribution in [2.75, 3.05) is 0 Å². The minimum atomic E-state index is -0.0863. The van der Waals surface area contributed by atoms with E-state index in [0.717, 1.165) is 11.1 Å². The molecule has 0 saturated carbocycles. The van der Waals surface area contributed by atoms with E-state index < -0.39 is 0 Å². The molecule has 1 fully saturated rings. The van der Waals surface area contributed by atoms with Crippen molar-refractivity contribution in [3.8, 4) is 0 Å². The van der Waals surface area contributed by atoms with Crippen molar-refractivity contribution in [3.05, 3.63) is 35.4 Å². The van der Waals surface area contributed by atoms with Crippen LogP contribution < -0.4 is 5.73 Å². The van der Waals surface area contributed by atoms with Crippen LogP contribution in [0.5, 0.6) is 0 Å². The lowest BCUT2D eigenvalue weighted by molar-refractivity contribution is -0.139. The van der Waals surface area contributed by atoms with E-state index in [1.54, 1.807) is 0 Å². The smallest absolute Gasteiger partial charge is 0.229 e. The molecule has 84 valence electrons. The van der Waals surface area contributed by atoms with Gasteiger partial charge < -0.3 is 5.73 Å². The van der Waals surface area contributed by atoms with Gasteiger partial charge in [-0.25, -0.2) is 0 Å². The largest absolute Gasteiger partial charge is 0.326 e. The van der Waals surface area contributed by atoms with Gasteiger partial charge in [0.15, 0.2) is 0 Å². The van der Waals surface area contributed by atoms with Crippen molar-refractivity contribution in [2.24, 2.45) is 5.73 Å². The normalized spacial score (nSPS) is 15.9. The fourth-order valence-electron chi connectivity index (χ4n) is 1.88. The van der Waals surface area contributed by atoms with Gasteiger partial charge in [0.25, 0.3) is 0 Å². The average molecular weight is 218 g/mol. The Hall–Kier alpha value is -1.68. The van der Waals surface area contributed by atoms with Crippen molar-refractivity contribution in [2.45, 2.75) is 25.9 Å². The molecule has 0 bridgehead atoms. The molecule has 0 aliphatic carbocycles. The molecule has 1 heterocycles. The maximum atomic E-state index is 11.5. The summed E-state index contributed by atoms with van der Waals surface area (Å²) < 4.78 is 0. The Labute approximate surface area is 94.0 Å². The first-order valence-corrected chi connectivity index (χ1v) is 5.32. The summed E-state index contributed by atoms with van der Waals surface area (Å²) in [6, 6.07) is 7.61. The second kappa shape index (κ2) is 4.45. The van der Waals surface area contributed by atoms with Gasteiger partial charge in [-0.1, -0.05) is 24.3 Å². The molecule has 2 amide bonds. The summed E-state index contributed by atoms with van der Waals surface area (Å²) in [5.41, 5.74) is 7.54. The number of hydrogen-bond acceptors (Lipinski definition) is 3. The number of amides is 2. The van der Waals surface area contributed by atoms with Crippen LogP contribution in [0.25, 0.3) is 0 Å². The van der Waals surface area contributed by atoms with E-state index in [-0.39, 0.29) is 11.8 Å². The summed E-state index contributed by atoms with van der Waals surface area (Å²) in [6.45, 7) is 0.775. The molecule has 0 atom stereocenters. The molecular weight excluding hydrogens is 204 g/mol. The van der Waals surface area contributed by atoms with E-state index in [1.165, 1.54) is 4.90 Å². The highest BCUT2D eigenvalue weighted by Gasteiger charge is 2.28. The van der Waals surface area contributed by atoms with Gasteiger partial charge in [0.05, 0.1) is 6.54 Å². The molecule has 2 rings (SSSR count). The zero-order valence-corrected chi connectivity index (χ0v) is 8.98. The fourth-order valence-corrected chi connectivity index (χ4v) is 1.88. The topological polar surface area (TPSA) is 63.4 Å². The molecule has 1 aliphatic rings. The molecule has 0 unspecified atom stereocenters. The molecule has 2 N–H and O–H groups in total. The molecule has 1 aromatic carbocycles. The summed E-state index contributed by atoms with van der Waals surface area (Å²) in [5, 5.41) is 0. The Balaban J connectivity index is 2.20. The molecule has 16 heavy (non-hydrogen) atoms. The predicted octanol–water partition coefficient (Wildman–Crippen LogP) is 0.794. The van der Waals surface area contributed by atoms with Crippen LogP contribution in [0.4, 0.5) is 0 Å². The quantitative estimate of drug-likeness (QED) is 0.763. The van der Waals surface area contributed by atoms with Crippen molar-refractivity contribution in [1.29, 1.82) is 0 Å². The van der Waals surface area contributed by atoms with Crippen LogP contribution in [0.1, 0.15) is 24.0 Å². The Morgan fingerprint density at radius 3 is 2.19 bits per heavy atom. The number of likely N-dealkylation sites (tertiary alicyclic amines) is 1. The number of imide groups is 1. The van der Waals surface area contributed by atoms with Crippen molar-refractivity contribution < 1.29 is 9.59 Å². The van der Waals surface area contributed by atoms with Crippen LogP contribution in [0, 0.1) is 0 Å². The number of benzene rings is 1. The lowest BCUT2D eigenvalue weighted by Crippen LogP contribution is -2.29. The molecular formula is C12H14N2O2. The fraction of sp³-hybridized carbons (Fsp3) is 0.333. The summed E-state index contributed by atoms with van der Waals surface area (Å²) in [6.07, 6.45) is 0.674. The van der Waals surface area contributed by atoms with E-state index in [2.05, 4.69) is 0 Å². The third kappa shape index (κ3) is 1.97. The lowest BCUT2D eigenvalue weighted by Gasteiger charge is -2.15. The zero-order chi connectivity index (χ0) is 11.5. The van der Waals surface area contributed by atoms with Crippen LogP contribution in [-0.2, 0) is 22.7 Å². The van der Waals surface area contributed by atoms with Crippen LogP contribution in [0.3, 0.4) is 0 Å². The van der Waals surface area contributed by atoms with E-state index in [4.69, 9.17) is 5.73 Å². The molecule has 1 saturated heterocycles. The number of hydrogen-bond donors (Lipinski definition) is 1. The molecule has 0 aromatic heterocycles. The minimum absolute atomic E-state index is 0.0863. The average Bonchev–Trinajstić information content (AvgIpc) is 2.61. The monoisotopic (exact) mass is 218 g/mol. The van der Waals surface area contributed by atoms with Crippen LogP contribution >= 0.6 is 0 Å². The second-order valence-electron chi connectivity index (χ2n) is 3.85. The van der Waals surface area contributed by atoms with Gasteiger partial charge in [-0.3, -0.25) is 14.5 Å². The summed E-state index contributed by atoms with van der Waals surface area (Å²) in [4.78, 5) is 24.2. The SMILES string of the molecule is NCc1ccccc1CN1C(=O)CCC1=O. The Bertz CT molecular complexity index is 413. The first kappa shape index (κ1) is 10.8. The molecule has 0 radical (unpaired) electrons.